The highest BCUT2D eigenvalue weighted by atomic mass is 79.9. The van der Waals surface area contributed by atoms with Crippen molar-refractivity contribution >= 4 is 15.9 Å². The summed E-state index contributed by atoms with van der Waals surface area (Å²) in [5, 5.41) is 0. The van der Waals surface area contributed by atoms with Gasteiger partial charge in [0.1, 0.15) is 11.5 Å². The maximum atomic E-state index is 13.1. The van der Waals surface area contributed by atoms with Gasteiger partial charge in [-0.15, -0.1) is 0 Å². The molecule has 2 N–H and O–H groups in total. The van der Waals surface area contributed by atoms with Gasteiger partial charge in [-0.3, -0.25) is 0 Å². The molecule has 0 saturated heterocycles. The molecule has 0 fully saturated rings. The Bertz CT molecular complexity index is 611. The maximum Gasteiger partial charge on any atom is 0.419 e. The van der Waals surface area contributed by atoms with E-state index in [1.54, 1.807) is 30.3 Å². The Hall–Kier alpha value is -1.53. The Morgan fingerprint density at radius 3 is 2.29 bits per heavy atom. The number of hydrogen-bond acceptors (Lipinski definition) is 2. The lowest BCUT2D eigenvalue weighted by Gasteiger charge is -2.15. The zero-order valence-electron chi connectivity index (χ0n) is 11.0. The minimum Gasteiger partial charge on any atom is -0.457 e. The molecule has 0 heterocycles. The van der Waals surface area contributed by atoms with Crippen LogP contribution in [0.5, 0.6) is 11.5 Å². The first-order chi connectivity index (χ1) is 9.90. The average molecular weight is 360 g/mol. The second kappa shape index (κ2) is 6.49. The van der Waals surface area contributed by atoms with E-state index in [2.05, 4.69) is 15.9 Å². The van der Waals surface area contributed by atoms with Crippen LogP contribution in [0.2, 0.25) is 0 Å². The lowest BCUT2D eigenvalue weighted by Crippen LogP contribution is -2.09. The van der Waals surface area contributed by atoms with Gasteiger partial charge in [0.25, 0.3) is 0 Å². The van der Waals surface area contributed by atoms with E-state index in [0.717, 1.165) is 10.5 Å². The highest BCUT2D eigenvalue weighted by molar-refractivity contribution is 9.10. The van der Waals surface area contributed by atoms with Crippen LogP contribution in [0.15, 0.2) is 46.9 Å². The lowest BCUT2D eigenvalue weighted by atomic mass is 10.1. The molecule has 0 radical (unpaired) electrons. The number of nitrogens with two attached hydrogens (primary N) is 1. The molecule has 0 bridgehead atoms. The van der Waals surface area contributed by atoms with Crippen molar-refractivity contribution in [2.75, 3.05) is 6.54 Å². The first-order valence-electron chi connectivity index (χ1n) is 6.24. The molecule has 2 aromatic rings. The fourth-order valence-corrected chi connectivity index (χ4v) is 2.10. The summed E-state index contributed by atoms with van der Waals surface area (Å²) in [6.07, 6.45) is -4.09. The van der Waals surface area contributed by atoms with Crippen LogP contribution < -0.4 is 10.5 Å². The summed E-state index contributed by atoms with van der Waals surface area (Å²) in [5.74, 6) is 0.126. The van der Waals surface area contributed by atoms with Crippen LogP contribution in [0.4, 0.5) is 13.2 Å². The zero-order valence-corrected chi connectivity index (χ0v) is 12.5. The van der Waals surface area contributed by atoms with Crippen LogP contribution in [0.1, 0.15) is 11.1 Å². The molecule has 0 aliphatic carbocycles. The quantitative estimate of drug-likeness (QED) is 0.853. The Kier molecular flexibility index (Phi) is 4.90. The summed E-state index contributed by atoms with van der Waals surface area (Å²) in [4.78, 5) is 0. The second-order valence-electron chi connectivity index (χ2n) is 4.42. The van der Waals surface area contributed by atoms with Gasteiger partial charge in [0.2, 0.25) is 0 Å². The topological polar surface area (TPSA) is 35.2 Å². The Balaban J connectivity index is 2.35. The Labute approximate surface area is 128 Å². The first kappa shape index (κ1) is 15.9. The molecule has 0 spiro atoms. The predicted molar refractivity (Wildman–Crippen MR) is 78.4 cm³/mol. The number of rotatable bonds is 4. The number of alkyl halides is 3. The smallest absolute Gasteiger partial charge is 0.419 e. The van der Waals surface area contributed by atoms with Crippen molar-refractivity contribution in [2.45, 2.75) is 12.6 Å². The molecule has 0 aromatic heterocycles. The summed E-state index contributed by atoms with van der Waals surface area (Å²) in [7, 11) is 0. The molecule has 2 aromatic carbocycles. The molecule has 6 heteroatoms. The molecule has 0 aliphatic heterocycles. The van der Waals surface area contributed by atoms with Gasteiger partial charge in [-0.1, -0.05) is 22.0 Å². The Morgan fingerprint density at radius 1 is 1.05 bits per heavy atom. The molecule has 2 nitrogen and oxygen atoms in total. The highest BCUT2D eigenvalue weighted by Crippen LogP contribution is 2.38. The van der Waals surface area contributed by atoms with E-state index >= 15 is 0 Å². The molecule has 21 heavy (non-hydrogen) atoms. The first-order valence-corrected chi connectivity index (χ1v) is 7.03. The monoisotopic (exact) mass is 359 g/mol. The average Bonchev–Trinajstić information content (AvgIpc) is 2.42. The summed E-state index contributed by atoms with van der Waals surface area (Å²) in [5.41, 5.74) is 5.12. The number of halogens is 4. The van der Waals surface area contributed by atoms with E-state index < -0.39 is 11.7 Å². The third-order valence-electron chi connectivity index (χ3n) is 2.82. The van der Waals surface area contributed by atoms with Crippen LogP contribution >= 0.6 is 15.9 Å². The standard InChI is InChI=1S/C15H13BrF3NO/c16-11-2-4-12(5-3-11)21-14-6-1-10(7-8-20)9-13(14)15(17,18)19/h1-6,9H,7-8,20H2. The molecule has 112 valence electrons. The van der Waals surface area contributed by atoms with Gasteiger partial charge in [0, 0.05) is 4.47 Å². The van der Waals surface area contributed by atoms with E-state index in [1.807, 2.05) is 0 Å². The molecule has 0 aliphatic rings. The molecular weight excluding hydrogens is 347 g/mol. The predicted octanol–water partition coefficient (Wildman–Crippen LogP) is 4.76. The van der Waals surface area contributed by atoms with Gasteiger partial charge in [-0.05, 0) is 54.9 Å². The minimum absolute atomic E-state index is 0.217. The molecule has 0 amide bonds. The third kappa shape index (κ3) is 4.22. The zero-order chi connectivity index (χ0) is 15.5. The summed E-state index contributed by atoms with van der Waals surface area (Å²) < 4.78 is 45.5. The van der Waals surface area contributed by atoms with Crippen molar-refractivity contribution in [1.29, 1.82) is 0 Å². The molecule has 0 saturated carbocycles. The number of hydrogen-bond donors (Lipinski definition) is 1. The van der Waals surface area contributed by atoms with Crippen molar-refractivity contribution < 1.29 is 17.9 Å². The van der Waals surface area contributed by atoms with Crippen molar-refractivity contribution in [2.24, 2.45) is 5.73 Å². The van der Waals surface area contributed by atoms with Crippen LogP contribution in [0.25, 0.3) is 0 Å². The third-order valence-corrected chi connectivity index (χ3v) is 3.35. The van der Waals surface area contributed by atoms with E-state index in [0.29, 0.717) is 24.3 Å². The van der Waals surface area contributed by atoms with Gasteiger partial charge in [-0.25, -0.2) is 0 Å². The van der Waals surface area contributed by atoms with Crippen molar-refractivity contribution in [3.8, 4) is 11.5 Å². The van der Waals surface area contributed by atoms with Crippen molar-refractivity contribution in [3.05, 3.63) is 58.1 Å². The summed E-state index contributed by atoms with van der Waals surface area (Å²) in [6.45, 7) is 0.296. The van der Waals surface area contributed by atoms with Crippen molar-refractivity contribution in [3.63, 3.8) is 0 Å². The maximum absolute atomic E-state index is 13.1. The van der Waals surface area contributed by atoms with Gasteiger partial charge >= 0.3 is 6.18 Å². The molecule has 2 rings (SSSR count). The van der Waals surface area contributed by atoms with Gasteiger partial charge in [0.05, 0.1) is 5.56 Å². The van der Waals surface area contributed by atoms with E-state index in [4.69, 9.17) is 10.5 Å². The normalized spacial score (nSPS) is 11.5. The van der Waals surface area contributed by atoms with E-state index in [1.165, 1.54) is 6.07 Å². The highest BCUT2D eigenvalue weighted by Gasteiger charge is 2.34. The largest absolute Gasteiger partial charge is 0.457 e. The van der Waals surface area contributed by atoms with Gasteiger partial charge in [-0.2, -0.15) is 13.2 Å². The fraction of sp³-hybridized carbons (Fsp3) is 0.200. The van der Waals surface area contributed by atoms with E-state index in [-0.39, 0.29) is 5.75 Å². The van der Waals surface area contributed by atoms with E-state index in [9.17, 15) is 13.2 Å². The summed E-state index contributed by atoms with van der Waals surface area (Å²) >= 11 is 3.26. The number of ether oxygens (including phenoxy) is 1. The molecule has 0 atom stereocenters. The van der Waals surface area contributed by atoms with Crippen LogP contribution in [0.3, 0.4) is 0 Å². The van der Waals surface area contributed by atoms with Gasteiger partial charge in [0.15, 0.2) is 0 Å². The second-order valence-corrected chi connectivity index (χ2v) is 5.34. The molecule has 0 unspecified atom stereocenters. The fourth-order valence-electron chi connectivity index (χ4n) is 1.84. The van der Waals surface area contributed by atoms with Gasteiger partial charge < -0.3 is 10.5 Å². The van der Waals surface area contributed by atoms with Crippen LogP contribution in [0, 0.1) is 0 Å². The van der Waals surface area contributed by atoms with Crippen molar-refractivity contribution in [1.82, 2.24) is 0 Å². The number of benzene rings is 2. The van der Waals surface area contributed by atoms with Crippen LogP contribution in [-0.2, 0) is 12.6 Å². The Morgan fingerprint density at radius 2 is 1.71 bits per heavy atom. The summed E-state index contributed by atoms with van der Waals surface area (Å²) in [6, 6.07) is 10.6. The SMILES string of the molecule is NCCc1ccc(Oc2ccc(Br)cc2)c(C(F)(F)F)c1. The lowest BCUT2D eigenvalue weighted by molar-refractivity contribution is -0.138. The molecular formula is C15H13BrF3NO. The minimum atomic E-state index is -4.48. The van der Waals surface area contributed by atoms with Crippen LogP contribution in [-0.4, -0.2) is 6.54 Å².